The van der Waals surface area contributed by atoms with Gasteiger partial charge in [-0.2, -0.15) is 0 Å². The Morgan fingerprint density at radius 1 is 1.07 bits per heavy atom. The first-order valence-electron chi connectivity index (χ1n) is 8.97. The van der Waals surface area contributed by atoms with Gasteiger partial charge in [-0.05, 0) is 42.8 Å². The number of pyridine rings is 1. The van der Waals surface area contributed by atoms with Gasteiger partial charge >= 0.3 is 0 Å². The van der Waals surface area contributed by atoms with Crippen molar-refractivity contribution in [2.24, 2.45) is 0 Å². The van der Waals surface area contributed by atoms with Crippen molar-refractivity contribution in [3.05, 3.63) is 66.1 Å². The van der Waals surface area contributed by atoms with Gasteiger partial charge in [0, 0.05) is 23.5 Å². The number of phenols is 1. The molecular formula is C22H20FN3O3. The van der Waals surface area contributed by atoms with Gasteiger partial charge in [0.25, 0.3) is 0 Å². The van der Waals surface area contributed by atoms with Crippen LogP contribution in [-0.2, 0) is 0 Å². The van der Waals surface area contributed by atoms with Crippen molar-refractivity contribution in [3.63, 3.8) is 0 Å². The number of rotatable bonds is 5. The number of halogens is 1. The maximum absolute atomic E-state index is 14.3. The molecule has 4 aromatic rings. The minimum atomic E-state index is -0.778. The fourth-order valence-electron chi connectivity index (χ4n) is 3.18. The van der Waals surface area contributed by atoms with Crippen LogP contribution >= 0.6 is 0 Å². The summed E-state index contributed by atoms with van der Waals surface area (Å²) in [5.74, 6) is 0.0987. The Bertz CT molecular complexity index is 1200. The fraction of sp³-hybridized carbons (Fsp3) is 0.136. The van der Waals surface area contributed by atoms with E-state index in [-0.39, 0.29) is 5.75 Å². The van der Waals surface area contributed by atoms with Crippen molar-refractivity contribution in [2.45, 2.75) is 6.92 Å². The van der Waals surface area contributed by atoms with E-state index in [2.05, 4.69) is 10.3 Å². The number of aromatic nitrogens is 2. The SMILES string of the molecule is COc1cccc(Nc2c(-c3cc(F)c(O)c(OC)c3)nc3ccc(C)cn23)c1. The smallest absolute Gasteiger partial charge is 0.194 e. The lowest BCUT2D eigenvalue weighted by Crippen LogP contribution is -1.98. The van der Waals surface area contributed by atoms with Crippen LogP contribution in [0.2, 0.25) is 0 Å². The quantitative estimate of drug-likeness (QED) is 0.504. The Morgan fingerprint density at radius 2 is 1.90 bits per heavy atom. The summed E-state index contributed by atoms with van der Waals surface area (Å²) in [4.78, 5) is 4.67. The predicted molar refractivity (Wildman–Crippen MR) is 110 cm³/mol. The maximum Gasteiger partial charge on any atom is 0.194 e. The number of hydrogen-bond donors (Lipinski definition) is 2. The lowest BCUT2D eigenvalue weighted by molar-refractivity contribution is 0.357. The number of ether oxygens (including phenoxy) is 2. The number of anilines is 2. The van der Waals surface area contributed by atoms with Gasteiger partial charge in [-0.3, -0.25) is 4.40 Å². The van der Waals surface area contributed by atoms with Gasteiger partial charge in [0.05, 0.1) is 14.2 Å². The summed E-state index contributed by atoms with van der Waals surface area (Å²) in [6.07, 6.45) is 1.95. The van der Waals surface area contributed by atoms with Crippen LogP contribution in [0, 0.1) is 12.7 Å². The Balaban J connectivity index is 1.92. The van der Waals surface area contributed by atoms with Gasteiger partial charge in [-0.1, -0.05) is 12.1 Å². The number of nitrogens with zero attached hydrogens (tertiary/aromatic N) is 2. The normalized spacial score (nSPS) is 10.9. The van der Waals surface area contributed by atoms with Crippen molar-refractivity contribution in [1.82, 2.24) is 9.38 Å². The van der Waals surface area contributed by atoms with Crippen molar-refractivity contribution < 1.29 is 19.0 Å². The van der Waals surface area contributed by atoms with Crippen LogP contribution in [0.3, 0.4) is 0 Å². The molecule has 6 nitrogen and oxygen atoms in total. The predicted octanol–water partition coefficient (Wildman–Crippen LogP) is 4.92. The summed E-state index contributed by atoms with van der Waals surface area (Å²) in [5.41, 5.74) is 3.53. The molecule has 0 spiro atoms. The number of phenolic OH excluding ortho intramolecular Hbond substituents is 1. The summed E-state index contributed by atoms with van der Waals surface area (Å²) in [6, 6.07) is 14.1. The highest BCUT2D eigenvalue weighted by molar-refractivity contribution is 5.81. The number of imidazole rings is 1. The van der Waals surface area contributed by atoms with E-state index in [4.69, 9.17) is 9.47 Å². The van der Waals surface area contributed by atoms with Crippen LogP contribution in [0.25, 0.3) is 16.9 Å². The third-order valence-electron chi connectivity index (χ3n) is 4.62. The van der Waals surface area contributed by atoms with E-state index in [9.17, 15) is 9.50 Å². The van der Waals surface area contributed by atoms with Gasteiger partial charge < -0.3 is 19.9 Å². The highest BCUT2D eigenvalue weighted by Gasteiger charge is 2.19. The second kappa shape index (κ2) is 7.35. The molecule has 2 aromatic heterocycles. The van der Waals surface area contributed by atoms with Crippen molar-refractivity contribution in [2.75, 3.05) is 19.5 Å². The first kappa shape index (κ1) is 18.6. The lowest BCUT2D eigenvalue weighted by atomic mass is 10.1. The molecule has 0 aliphatic rings. The van der Waals surface area contributed by atoms with Crippen molar-refractivity contribution in [1.29, 1.82) is 0 Å². The Kier molecular flexibility index (Phi) is 4.72. The zero-order valence-electron chi connectivity index (χ0n) is 16.2. The molecule has 0 atom stereocenters. The van der Waals surface area contributed by atoms with E-state index in [1.54, 1.807) is 13.2 Å². The Morgan fingerprint density at radius 3 is 2.66 bits per heavy atom. The minimum absolute atomic E-state index is 0.0422. The highest BCUT2D eigenvalue weighted by Crippen LogP contribution is 2.38. The van der Waals surface area contributed by atoms with Gasteiger partial charge in [0.2, 0.25) is 0 Å². The fourth-order valence-corrected chi connectivity index (χ4v) is 3.18. The summed E-state index contributed by atoms with van der Waals surface area (Å²) in [6.45, 7) is 1.98. The molecule has 0 radical (unpaired) electrons. The van der Waals surface area contributed by atoms with Crippen LogP contribution in [0.5, 0.6) is 17.2 Å². The molecule has 4 rings (SSSR count). The molecule has 7 heteroatoms. The number of methoxy groups -OCH3 is 2. The van der Waals surface area contributed by atoms with Gasteiger partial charge in [0.1, 0.15) is 22.9 Å². The van der Waals surface area contributed by atoms with Gasteiger partial charge in [0.15, 0.2) is 17.3 Å². The molecule has 0 amide bonds. The van der Waals surface area contributed by atoms with E-state index in [1.165, 1.54) is 13.2 Å². The average Bonchev–Trinajstić information content (AvgIpc) is 3.07. The number of hydrogen-bond acceptors (Lipinski definition) is 5. The van der Waals surface area contributed by atoms with E-state index < -0.39 is 11.6 Å². The highest BCUT2D eigenvalue weighted by atomic mass is 19.1. The number of benzene rings is 2. The maximum atomic E-state index is 14.3. The molecule has 0 fully saturated rings. The number of nitrogens with one attached hydrogen (secondary N) is 1. The van der Waals surface area contributed by atoms with E-state index >= 15 is 0 Å². The Hall–Kier alpha value is -3.74. The molecule has 0 saturated heterocycles. The monoisotopic (exact) mass is 393 g/mol. The Labute approximate surface area is 167 Å². The molecule has 0 unspecified atom stereocenters. The van der Waals surface area contributed by atoms with Crippen molar-refractivity contribution in [3.8, 4) is 28.5 Å². The molecular weight excluding hydrogens is 373 g/mol. The molecule has 2 aromatic carbocycles. The van der Waals surface area contributed by atoms with E-state index in [1.807, 2.05) is 53.9 Å². The third kappa shape index (κ3) is 3.42. The van der Waals surface area contributed by atoms with Gasteiger partial charge in [-0.15, -0.1) is 0 Å². The summed E-state index contributed by atoms with van der Waals surface area (Å²) in [7, 11) is 2.98. The molecule has 0 aliphatic carbocycles. The average molecular weight is 393 g/mol. The second-order valence-electron chi connectivity index (χ2n) is 6.61. The molecule has 29 heavy (non-hydrogen) atoms. The zero-order chi connectivity index (χ0) is 20.5. The third-order valence-corrected chi connectivity index (χ3v) is 4.62. The molecule has 148 valence electrons. The van der Waals surface area contributed by atoms with Crippen LogP contribution in [0.15, 0.2) is 54.7 Å². The first-order valence-corrected chi connectivity index (χ1v) is 8.97. The molecule has 0 aliphatic heterocycles. The topological polar surface area (TPSA) is 68.0 Å². The summed E-state index contributed by atoms with van der Waals surface area (Å²) >= 11 is 0. The molecule has 0 saturated carbocycles. The first-order chi connectivity index (χ1) is 14.0. The number of fused-ring (bicyclic) bond motifs is 1. The lowest BCUT2D eigenvalue weighted by Gasteiger charge is -2.12. The van der Waals surface area contributed by atoms with Crippen molar-refractivity contribution >= 4 is 17.2 Å². The largest absolute Gasteiger partial charge is 0.502 e. The van der Waals surface area contributed by atoms with Crippen LogP contribution in [-0.4, -0.2) is 28.7 Å². The summed E-state index contributed by atoms with van der Waals surface area (Å²) < 4.78 is 26.6. The van der Waals surface area contributed by atoms with E-state index in [0.29, 0.717) is 28.5 Å². The number of aromatic hydroxyl groups is 1. The molecule has 0 bridgehead atoms. The van der Waals surface area contributed by atoms with Crippen LogP contribution in [0.1, 0.15) is 5.56 Å². The van der Waals surface area contributed by atoms with Crippen LogP contribution < -0.4 is 14.8 Å². The minimum Gasteiger partial charge on any atom is -0.502 e. The number of aryl methyl sites for hydroxylation is 1. The van der Waals surface area contributed by atoms with Crippen LogP contribution in [0.4, 0.5) is 15.9 Å². The van der Waals surface area contributed by atoms with E-state index in [0.717, 1.165) is 11.3 Å². The molecule has 2 heterocycles. The second-order valence-corrected chi connectivity index (χ2v) is 6.61. The summed E-state index contributed by atoms with van der Waals surface area (Å²) in [5, 5.41) is 13.2. The standard InChI is InChI=1S/C22H20FN3O3/c1-13-7-8-19-25-20(14-9-17(23)21(27)18(10-14)29-3)22(26(19)12-13)24-15-5-4-6-16(11-15)28-2/h4-12,24,27H,1-3H3. The van der Waals surface area contributed by atoms with Gasteiger partial charge in [-0.25, -0.2) is 9.37 Å². The molecule has 2 N–H and O–H groups in total. The zero-order valence-corrected chi connectivity index (χ0v) is 16.2.